The Kier molecular flexibility index (Phi) is 9.25. The molecule has 6 heteroatoms. The van der Waals surface area contributed by atoms with Crippen LogP contribution in [0.25, 0.3) is 38.8 Å². The van der Waals surface area contributed by atoms with E-state index in [-0.39, 0.29) is 21.1 Å². The monoisotopic (exact) mass is 902 g/mol. The number of pyridine rings is 1. The van der Waals surface area contributed by atoms with Gasteiger partial charge < -0.3 is 19.3 Å². The predicted molar refractivity (Wildman–Crippen MR) is 228 cm³/mol. The molecule has 5 nitrogen and oxygen atoms in total. The molecule has 56 heavy (non-hydrogen) atoms. The van der Waals surface area contributed by atoms with Gasteiger partial charge in [-0.15, -0.1) is 35.7 Å². The average Bonchev–Trinajstić information content (AvgIpc) is 3.78. The van der Waals surface area contributed by atoms with E-state index in [4.69, 9.17) is 4.98 Å². The minimum atomic E-state index is 0. The Hall–Kier alpha value is -6.42. The Morgan fingerprint density at radius 1 is 0.554 bits per heavy atom. The van der Waals surface area contributed by atoms with E-state index < -0.39 is 0 Å². The molecule has 0 bridgehead atoms. The van der Waals surface area contributed by atoms with Crippen molar-refractivity contribution >= 4 is 61.6 Å². The molecule has 272 valence electrons. The summed E-state index contributed by atoms with van der Waals surface area (Å²) in [5, 5.41) is 2.28. The number of hydrogen-bond acceptors (Lipinski definition) is 4. The number of anilines is 7. The van der Waals surface area contributed by atoms with Gasteiger partial charge in [0.1, 0.15) is 5.82 Å². The summed E-state index contributed by atoms with van der Waals surface area (Å²) in [4.78, 5) is 11.9. The molecular formula is C50H37N5Pt. The van der Waals surface area contributed by atoms with Crippen molar-refractivity contribution in [2.75, 3.05) is 21.4 Å². The van der Waals surface area contributed by atoms with Crippen LogP contribution in [0, 0.1) is 26.0 Å². The number of aromatic nitrogens is 2. The second-order valence-electron chi connectivity index (χ2n) is 14.0. The van der Waals surface area contributed by atoms with Crippen LogP contribution in [-0.2, 0) is 21.1 Å². The normalized spacial score (nSPS) is 12.2. The zero-order chi connectivity index (χ0) is 36.9. The van der Waals surface area contributed by atoms with Crippen molar-refractivity contribution in [1.82, 2.24) is 9.55 Å². The fourth-order valence-electron chi connectivity index (χ4n) is 8.07. The van der Waals surface area contributed by atoms with Crippen LogP contribution in [0.1, 0.15) is 11.1 Å². The van der Waals surface area contributed by atoms with Crippen molar-refractivity contribution in [3.63, 3.8) is 0 Å². The Morgan fingerprint density at radius 3 is 2.04 bits per heavy atom. The molecule has 0 unspecified atom stereocenters. The van der Waals surface area contributed by atoms with Crippen molar-refractivity contribution in [2.45, 2.75) is 13.8 Å². The van der Waals surface area contributed by atoms with E-state index in [9.17, 15) is 0 Å². The predicted octanol–water partition coefficient (Wildman–Crippen LogP) is 12.8. The summed E-state index contributed by atoms with van der Waals surface area (Å²) >= 11 is 0. The van der Waals surface area contributed by atoms with Crippen LogP contribution in [0.15, 0.2) is 176 Å². The Balaban J connectivity index is 0.00000410. The van der Waals surface area contributed by atoms with Crippen LogP contribution < -0.4 is 14.7 Å². The fraction of sp³-hybridized carbons (Fsp3) is 0.0600. The van der Waals surface area contributed by atoms with E-state index in [1.807, 2.05) is 6.20 Å². The molecule has 10 rings (SSSR count). The first-order chi connectivity index (χ1) is 27.1. The maximum absolute atomic E-state index is 4.95. The van der Waals surface area contributed by atoms with Gasteiger partial charge in [0.2, 0.25) is 0 Å². The fourth-order valence-corrected chi connectivity index (χ4v) is 8.07. The second-order valence-corrected chi connectivity index (χ2v) is 14.0. The topological polar surface area (TPSA) is 27.5 Å². The van der Waals surface area contributed by atoms with Gasteiger partial charge in [-0.1, -0.05) is 114 Å². The third kappa shape index (κ3) is 6.05. The molecule has 0 radical (unpaired) electrons. The largest absolute Gasteiger partial charge is 2.00 e. The third-order valence-electron chi connectivity index (χ3n) is 10.7. The van der Waals surface area contributed by atoms with Gasteiger partial charge in [0, 0.05) is 23.1 Å². The van der Waals surface area contributed by atoms with Crippen LogP contribution in [0.2, 0.25) is 0 Å². The standard InChI is InChI=1S/C50H37N5.Pt/c1-35-15-6-8-21-42(35)37-29-30-51-50(31-37)55-46-24-11-9-22-43(46)44-28-27-41(33-49(44)55)54(38-17-4-3-5-18-38)40-20-14-19-39(32-40)52-34-53(45-23-10-7-16-36(45)2)48-26-13-12-25-47(48)52;/h3-31H,34H2,1-2H3;/q-2;+2. The van der Waals surface area contributed by atoms with Gasteiger partial charge in [-0.25, -0.2) is 4.98 Å². The average molecular weight is 903 g/mol. The molecule has 1 aliphatic heterocycles. The summed E-state index contributed by atoms with van der Waals surface area (Å²) in [7, 11) is 0. The van der Waals surface area contributed by atoms with Crippen molar-refractivity contribution in [3.05, 3.63) is 199 Å². The molecule has 0 saturated carbocycles. The minimum Gasteiger partial charge on any atom is -0.358 e. The minimum absolute atomic E-state index is 0. The quantitative estimate of drug-likeness (QED) is 0.149. The molecule has 0 aliphatic carbocycles. The van der Waals surface area contributed by atoms with E-state index in [2.05, 4.69) is 215 Å². The van der Waals surface area contributed by atoms with Crippen molar-refractivity contribution in [2.24, 2.45) is 0 Å². The van der Waals surface area contributed by atoms with Crippen LogP contribution in [0.4, 0.5) is 39.8 Å². The van der Waals surface area contributed by atoms with Gasteiger partial charge in [0.25, 0.3) is 0 Å². The molecule has 2 aromatic heterocycles. The number of para-hydroxylation sites is 5. The first-order valence-electron chi connectivity index (χ1n) is 18.7. The molecule has 0 fully saturated rings. The Bertz CT molecular complexity index is 2860. The number of rotatable bonds is 7. The van der Waals surface area contributed by atoms with Crippen LogP contribution in [-0.4, -0.2) is 16.2 Å². The van der Waals surface area contributed by atoms with E-state index >= 15 is 0 Å². The summed E-state index contributed by atoms with van der Waals surface area (Å²) in [5.41, 5.74) is 14.3. The van der Waals surface area contributed by atoms with Crippen LogP contribution in [0.5, 0.6) is 0 Å². The Labute approximate surface area is 342 Å². The smallest absolute Gasteiger partial charge is 0.358 e. The van der Waals surface area contributed by atoms with Crippen LogP contribution in [0.3, 0.4) is 0 Å². The summed E-state index contributed by atoms with van der Waals surface area (Å²) in [5.74, 6) is 0.853. The molecule has 9 aromatic rings. The zero-order valence-corrected chi connectivity index (χ0v) is 33.3. The van der Waals surface area contributed by atoms with Gasteiger partial charge in [0.15, 0.2) is 0 Å². The van der Waals surface area contributed by atoms with Crippen LogP contribution >= 0.6 is 0 Å². The van der Waals surface area contributed by atoms with Crippen molar-refractivity contribution in [3.8, 4) is 16.9 Å². The maximum atomic E-state index is 4.95. The SMILES string of the molecule is Cc1ccccc1-c1ccnc(-n2c3[c-]c(N(c4[c-]c(N5CN(c6ccccc6C)c6ccccc65)ccc4)c4ccccc4)ccc3c3ccccc32)c1.[Pt+2]. The molecule has 0 amide bonds. The number of benzene rings is 7. The number of fused-ring (bicyclic) bond motifs is 4. The first kappa shape index (κ1) is 35.3. The van der Waals surface area contributed by atoms with Gasteiger partial charge >= 0.3 is 21.1 Å². The van der Waals surface area contributed by atoms with E-state index in [1.54, 1.807) is 0 Å². The molecule has 0 spiro atoms. The van der Waals surface area contributed by atoms with Gasteiger partial charge in [-0.05, 0) is 90.0 Å². The van der Waals surface area contributed by atoms with Gasteiger partial charge in [-0.3, -0.25) is 0 Å². The molecule has 3 heterocycles. The molecule has 0 N–H and O–H groups in total. The molecule has 0 saturated heterocycles. The maximum Gasteiger partial charge on any atom is 2.00 e. The van der Waals surface area contributed by atoms with E-state index in [0.29, 0.717) is 6.67 Å². The van der Waals surface area contributed by atoms with Crippen molar-refractivity contribution < 1.29 is 21.1 Å². The molecule has 1 aliphatic rings. The summed E-state index contributed by atoms with van der Waals surface area (Å²) in [6.07, 6.45) is 1.91. The number of aryl methyl sites for hydroxylation is 2. The summed E-state index contributed by atoms with van der Waals surface area (Å²) < 4.78 is 2.25. The Morgan fingerprint density at radius 2 is 1.23 bits per heavy atom. The summed E-state index contributed by atoms with van der Waals surface area (Å²) in [6, 6.07) is 67.6. The summed E-state index contributed by atoms with van der Waals surface area (Å²) in [6.45, 7) is 5.01. The second kappa shape index (κ2) is 14.7. The number of nitrogens with zero attached hydrogens (tertiary/aromatic N) is 5. The van der Waals surface area contributed by atoms with E-state index in [0.717, 1.165) is 61.6 Å². The van der Waals surface area contributed by atoms with Crippen molar-refractivity contribution in [1.29, 1.82) is 0 Å². The number of hydrogen-bond donors (Lipinski definition) is 0. The molecule has 0 atom stereocenters. The van der Waals surface area contributed by atoms with Gasteiger partial charge in [-0.2, -0.15) is 12.1 Å². The first-order valence-corrected chi connectivity index (χ1v) is 18.7. The molecule has 7 aromatic carbocycles. The van der Waals surface area contributed by atoms with E-state index in [1.165, 1.54) is 28.1 Å². The zero-order valence-electron chi connectivity index (χ0n) is 31.0. The molecular weight excluding hydrogens is 866 g/mol. The van der Waals surface area contributed by atoms with Gasteiger partial charge in [0.05, 0.1) is 18.0 Å². The third-order valence-corrected chi connectivity index (χ3v) is 10.7.